The van der Waals surface area contributed by atoms with Crippen molar-refractivity contribution in [2.45, 2.75) is 6.92 Å². The SMILES string of the molecule is Cc1cccc(OCCN2CCN(C)CC2)c1N. The molecular formula is C14H23N3O. The zero-order valence-corrected chi connectivity index (χ0v) is 11.4. The Balaban J connectivity index is 1.77. The van der Waals surface area contributed by atoms with E-state index in [1.807, 2.05) is 25.1 Å². The van der Waals surface area contributed by atoms with Gasteiger partial charge in [-0.2, -0.15) is 0 Å². The number of likely N-dealkylation sites (N-methyl/N-ethyl adjacent to an activating group) is 1. The summed E-state index contributed by atoms with van der Waals surface area (Å²) < 4.78 is 5.77. The molecule has 4 heteroatoms. The summed E-state index contributed by atoms with van der Waals surface area (Å²) in [4.78, 5) is 4.79. The normalized spacial score (nSPS) is 17.9. The fourth-order valence-corrected chi connectivity index (χ4v) is 2.14. The maximum absolute atomic E-state index is 5.97. The molecular weight excluding hydrogens is 226 g/mol. The van der Waals surface area contributed by atoms with Gasteiger partial charge in [0.05, 0.1) is 5.69 Å². The topological polar surface area (TPSA) is 41.7 Å². The van der Waals surface area contributed by atoms with Crippen molar-refractivity contribution in [3.05, 3.63) is 23.8 Å². The highest BCUT2D eigenvalue weighted by atomic mass is 16.5. The van der Waals surface area contributed by atoms with Gasteiger partial charge in [-0.3, -0.25) is 4.90 Å². The highest BCUT2D eigenvalue weighted by Gasteiger charge is 2.13. The molecule has 0 amide bonds. The van der Waals surface area contributed by atoms with E-state index >= 15 is 0 Å². The van der Waals surface area contributed by atoms with Gasteiger partial charge in [-0.1, -0.05) is 12.1 Å². The molecule has 4 nitrogen and oxygen atoms in total. The molecule has 0 unspecified atom stereocenters. The van der Waals surface area contributed by atoms with Crippen LogP contribution in [0.5, 0.6) is 5.75 Å². The van der Waals surface area contributed by atoms with Crippen molar-refractivity contribution in [1.29, 1.82) is 0 Å². The van der Waals surface area contributed by atoms with E-state index in [9.17, 15) is 0 Å². The molecule has 1 aliphatic rings. The number of benzene rings is 1. The quantitative estimate of drug-likeness (QED) is 0.814. The summed E-state index contributed by atoms with van der Waals surface area (Å²) >= 11 is 0. The van der Waals surface area contributed by atoms with Gasteiger partial charge in [-0.15, -0.1) is 0 Å². The Morgan fingerprint density at radius 3 is 2.67 bits per heavy atom. The van der Waals surface area contributed by atoms with Crippen molar-refractivity contribution >= 4 is 5.69 Å². The van der Waals surface area contributed by atoms with E-state index in [2.05, 4.69) is 16.8 Å². The first-order valence-corrected chi connectivity index (χ1v) is 6.55. The third-order valence-corrected chi connectivity index (χ3v) is 3.55. The number of hydrogen-bond acceptors (Lipinski definition) is 4. The van der Waals surface area contributed by atoms with E-state index in [4.69, 9.17) is 10.5 Å². The van der Waals surface area contributed by atoms with Crippen molar-refractivity contribution in [2.24, 2.45) is 0 Å². The van der Waals surface area contributed by atoms with Crippen LogP contribution in [0.2, 0.25) is 0 Å². The van der Waals surface area contributed by atoms with Crippen LogP contribution in [0.4, 0.5) is 5.69 Å². The molecule has 0 saturated carbocycles. The molecule has 2 rings (SSSR count). The first-order chi connectivity index (χ1) is 8.66. The first kappa shape index (κ1) is 13.2. The predicted molar refractivity (Wildman–Crippen MR) is 75.0 cm³/mol. The predicted octanol–water partition coefficient (Wildman–Crippen LogP) is 1.20. The van der Waals surface area contributed by atoms with E-state index < -0.39 is 0 Å². The summed E-state index contributed by atoms with van der Waals surface area (Å²) in [7, 11) is 2.17. The Kier molecular flexibility index (Phi) is 4.44. The summed E-state index contributed by atoms with van der Waals surface area (Å²) in [6, 6.07) is 5.92. The van der Waals surface area contributed by atoms with Gasteiger partial charge in [0.2, 0.25) is 0 Å². The minimum absolute atomic E-state index is 0.706. The lowest BCUT2D eigenvalue weighted by Crippen LogP contribution is -2.45. The second-order valence-corrected chi connectivity index (χ2v) is 4.98. The van der Waals surface area contributed by atoms with Gasteiger partial charge >= 0.3 is 0 Å². The van der Waals surface area contributed by atoms with Crippen LogP contribution in [0.1, 0.15) is 5.56 Å². The Labute approximate surface area is 109 Å². The van der Waals surface area contributed by atoms with Crippen molar-refractivity contribution < 1.29 is 4.74 Å². The maximum Gasteiger partial charge on any atom is 0.142 e. The largest absolute Gasteiger partial charge is 0.490 e. The maximum atomic E-state index is 5.97. The van der Waals surface area contributed by atoms with Gasteiger partial charge in [-0.25, -0.2) is 0 Å². The number of para-hydroxylation sites is 1. The van der Waals surface area contributed by atoms with Crippen molar-refractivity contribution in [2.75, 3.05) is 52.1 Å². The van der Waals surface area contributed by atoms with Crippen LogP contribution in [0.25, 0.3) is 0 Å². The fourth-order valence-electron chi connectivity index (χ4n) is 2.14. The molecule has 0 atom stereocenters. The molecule has 1 saturated heterocycles. The lowest BCUT2D eigenvalue weighted by Gasteiger charge is -2.32. The Morgan fingerprint density at radius 1 is 1.22 bits per heavy atom. The fraction of sp³-hybridized carbons (Fsp3) is 0.571. The number of rotatable bonds is 4. The van der Waals surface area contributed by atoms with Gasteiger partial charge in [-0.05, 0) is 25.6 Å². The molecule has 1 fully saturated rings. The number of aryl methyl sites for hydroxylation is 1. The third-order valence-electron chi connectivity index (χ3n) is 3.55. The Morgan fingerprint density at radius 2 is 1.94 bits per heavy atom. The minimum atomic E-state index is 0.706. The highest BCUT2D eigenvalue weighted by Crippen LogP contribution is 2.24. The molecule has 0 radical (unpaired) electrons. The van der Waals surface area contributed by atoms with Crippen molar-refractivity contribution in [3.63, 3.8) is 0 Å². The average molecular weight is 249 g/mol. The summed E-state index contributed by atoms with van der Waals surface area (Å²) in [5, 5.41) is 0. The van der Waals surface area contributed by atoms with E-state index in [0.29, 0.717) is 6.61 Å². The van der Waals surface area contributed by atoms with E-state index in [1.165, 1.54) is 0 Å². The van der Waals surface area contributed by atoms with E-state index in [-0.39, 0.29) is 0 Å². The molecule has 1 aromatic carbocycles. The molecule has 1 aromatic rings. The second kappa shape index (κ2) is 6.07. The van der Waals surface area contributed by atoms with Crippen LogP contribution in [-0.4, -0.2) is 56.2 Å². The van der Waals surface area contributed by atoms with Gasteiger partial charge in [0.15, 0.2) is 0 Å². The number of nitrogens with zero attached hydrogens (tertiary/aromatic N) is 2. The molecule has 0 spiro atoms. The number of hydrogen-bond donors (Lipinski definition) is 1. The standard InChI is InChI=1S/C14H23N3O/c1-12-4-3-5-13(14(12)15)18-11-10-17-8-6-16(2)7-9-17/h3-5H,6-11,15H2,1-2H3. The van der Waals surface area contributed by atoms with Crippen LogP contribution >= 0.6 is 0 Å². The van der Waals surface area contributed by atoms with Crippen LogP contribution in [-0.2, 0) is 0 Å². The third kappa shape index (κ3) is 3.37. The summed E-state index contributed by atoms with van der Waals surface area (Å²) in [6.45, 7) is 8.23. The highest BCUT2D eigenvalue weighted by molar-refractivity contribution is 5.57. The van der Waals surface area contributed by atoms with Gasteiger partial charge < -0.3 is 15.4 Å². The van der Waals surface area contributed by atoms with E-state index in [0.717, 1.165) is 49.7 Å². The van der Waals surface area contributed by atoms with Crippen LogP contribution in [0.3, 0.4) is 0 Å². The number of nitrogens with two attached hydrogens (primary N) is 1. The average Bonchev–Trinajstić information content (AvgIpc) is 2.37. The lowest BCUT2D eigenvalue weighted by molar-refractivity contribution is 0.134. The smallest absolute Gasteiger partial charge is 0.142 e. The zero-order valence-electron chi connectivity index (χ0n) is 11.4. The molecule has 0 bridgehead atoms. The first-order valence-electron chi connectivity index (χ1n) is 6.55. The van der Waals surface area contributed by atoms with Gasteiger partial charge in [0.1, 0.15) is 12.4 Å². The molecule has 0 aromatic heterocycles. The summed E-state index contributed by atoms with van der Waals surface area (Å²) in [5.74, 6) is 0.809. The summed E-state index contributed by atoms with van der Waals surface area (Å²) in [6.07, 6.45) is 0. The second-order valence-electron chi connectivity index (χ2n) is 4.98. The van der Waals surface area contributed by atoms with Crippen LogP contribution in [0.15, 0.2) is 18.2 Å². The van der Waals surface area contributed by atoms with Crippen molar-refractivity contribution in [3.8, 4) is 5.75 Å². The number of piperazine rings is 1. The number of nitrogen functional groups attached to an aromatic ring is 1. The van der Waals surface area contributed by atoms with Crippen LogP contribution in [0, 0.1) is 6.92 Å². The zero-order chi connectivity index (χ0) is 13.0. The van der Waals surface area contributed by atoms with Crippen molar-refractivity contribution in [1.82, 2.24) is 9.80 Å². The number of anilines is 1. The van der Waals surface area contributed by atoms with Crippen LogP contribution < -0.4 is 10.5 Å². The lowest BCUT2D eigenvalue weighted by atomic mass is 10.2. The Bertz CT molecular complexity index is 387. The molecule has 2 N–H and O–H groups in total. The van der Waals surface area contributed by atoms with E-state index in [1.54, 1.807) is 0 Å². The molecule has 100 valence electrons. The summed E-state index contributed by atoms with van der Waals surface area (Å²) in [5.41, 5.74) is 7.81. The molecule has 1 aliphatic heterocycles. The molecule has 0 aliphatic carbocycles. The Hall–Kier alpha value is -1.26. The minimum Gasteiger partial charge on any atom is -0.490 e. The molecule has 18 heavy (non-hydrogen) atoms. The molecule has 1 heterocycles. The van der Waals surface area contributed by atoms with Gasteiger partial charge in [0, 0.05) is 32.7 Å². The number of ether oxygens (including phenoxy) is 1. The van der Waals surface area contributed by atoms with Gasteiger partial charge in [0.25, 0.3) is 0 Å². The monoisotopic (exact) mass is 249 g/mol.